The third kappa shape index (κ3) is 2.28. The summed E-state index contributed by atoms with van der Waals surface area (Å²) in [5, 5.41) is 7.85. The van der Waals surface area contributed by atoms with Gasteiger partial charge in [-0.2, -0.15) is 5.10 Å². The van der Waals surface area contributed by atoms with Crippen molar-refractivity contribution in [2.45, 2.75) is 38.8 Å². The summed E-state index contributed by atoms with van der Waals surface area (Å²) in [5.74, 6) is 0.0868. The number of carbonyl (C=O) groups excluding carboxylic acids is 1. The van der Waals surface area contributed by atoms with Gasteiger partial charge < -0.3 is 5.32 Å². The van der Waals surface area contributed by atoms with Crippen LogP contribution in [-0.4, -0.2) is 28.2 Å². The number of nitrogens with zero attached hydrogens (tertiary/aromatic N) is 2. The van der Waals surface area contributed by atoms with Crippen molar-refractivity contribution in [1.82, 2.24) is 15.1 Å². The summed E-state index contributed by atoms with van der Waals surface area (Å²) < 4.78 is 1.67. The van der Waals surface area contributed by atoms with E-state index in [2.05, 4.69) is 10.4 Å². The molecule has 88 valence electrons. The molecule has 0 aliphatic carbocycles. The molecule has 2 heterocycles. The Morgan fingerprint density at radius 1 is 1.75 bits per heavy atom. The van der Waals surface area contributed by atoms with Crippen LogP contribution >= 0.6 is 11.6 Å². The van der Waals surface area contributed by atoms with Crippen LogP contribution in [0.3, 0.4) is 0 Å². The fraction of sp³-hybridized carbons (Fsp3) is 0.636. The zero-order valence-corrected chi connectivity index (χ0v) is 10.1. The number of halogens is 1. The van der Waals surface area contributed by atoms with Crippen molar-refractivity contribution in [2.75, 3.05) is 6.54 Å². The summed E-state index contributed by atoms with van der Waals surface area (Å²) in [6.45, 7) is 3.64. The van der Waals surface area contributed by atoms with Gasteiger partial charge >= 0.3 is 0 Å². The van der Waals surface area contributed by atoms with Gasteiger partial charge in [0.25, 0.3) is 0 Å². The van der Waals surface area contributed by atoms with Crippen LogP contribution in [-0.2, 0) is 6.54 Å². The molecule has 1 aliphatic heterocycles. The van der Waals surface area contributed by atoms with Crippen LogP contribution in [0.1, 0.15) is 36.7 Å². The first-order valence-corrected chi connectivity index (χ1v) is 6.08. The van der Waals surface area contributed by atoms with Crippen LogP contribution < -0.4 is 5.32 Å². The standard InChI is InChI=1S/C11H16ClN3O/c1-2-15-11(9(12)7-14-15)10(16)6-8-4-3-5-13-8/h7-8,13H,2-6H2,1H3. The number of ketones is 1. The van der Waals surface area contributed by atoms with Gasteiger partial charge in [-0.3, -0.25) is 9.48 Å². The number of rotatable bonds is 4. The van der Waals surface area contributed by atoms with Gasteiger partial charge in [0.05, 0.1) is 11.2 Å². The van der Waals surface area contributed by atoms with Gasteiger partial charge in [0.1, 0.15) is 5.69 Å². The molecule has 1 fully saturated rings. The Balaban J connectivity index is 2.10. The van der Waals surface area contributed by atoms with Gasteiger partial charge in [0, 0.05) is 19.0 Å². The van der Waals surface area contributed by atoms with E-state index < -0.39 is 0 Å². The fourth-order valence-electron chi connectivity index (χ4n) is 2.13. The minimum atomic E-state index is 0.0868. The molecular formula is C11H16ClN3O. The predicted molar refractivity (Wildman–Crippen MR) is 62.9 cm³/mol. The molecule has 1 aromatic heterocycles. The highest BCUT2D eigenvalue weighted by atomic mass is 35.5. The van der Waals surface area contributed by atoms with Gasteiger partial charge in [-0.05, 0) is 26.3 Å². The predicted octanol–water partition coefficient (Wildman–Crippen LogP) is 1.88. The third-order valence-electron chi connectivity index (χ3n) is 2.95. The van der Waals surface area contributed by atoms with Crippen molar-refractivity contribution in [2.24, 2.45) is 0 Å². The van der Waals surface area contributed by atoms with Crippen molar-refractivity contribution in [3.05, 3.63) is 16.9 Å². The molecule has 1 N–H and O–H groups in total. The smallest absolute Gasteiger partial charge is 0.183 e. The van der Waals surface area contributed by atoms with Crippen LogP contribution in [0.4, 0.5) is 0 Å². The number of nitrogens with one attached hydrogen (secondary N) is 1. The van der Waals surface area contributed by atoms with E-state index in [1.807, 2.05) is 6.92 Å². The summed E-state index contributed by atoms with van der Waals surface area (Å²) >= 11 is 5.98. The van der Waals surface area contributed by atoms with E-state index in [4.69, 9.17) is 11.6 Å². The van der Waals surface area contributed by atoms with E-state index in [-0.39, 0.29) is 5.78 Å². The molecule has 0 aromatic carbocycles. The molecule has 1 saturated heterocycles. The molecule has 2 rings (SSSR count). The molecular weight excluding hydrogens is 226 g/mol. The summed E-state index contributed by atoms with van der Waals surface area (Å²) in [5.41, 5.74) is 0.554. The van der Waals surface area contributed by atoms with Crippen LogP contribution in [0.25, 0.3) is 0 Å². The lowest BCUT2D eigenvalue weighted by Gasteiger charge is -2.10. The molecule has 0 bridgehead atoms. The Bertz CT molecular complexity index is 383. The molecule has 0 radical (unpaired) electrons. The fourth-order valence-corrected chi connectivity index (χ4v) is 2.38. The highest BCUT2D eigenvalue weighted by molar-refractivity contribution is 6.33. The van der Waals surface area contributed by atoms with E-state index in [9.17, 15) is 4.79 Å². The second-order valence-corrected chi connectivity index (χ2v) is 4.48. The van der Waals surface area contributed by atoms with Crippen LogP contribution in [0, 0.1) is 0 Å². The highest BCUT2D eigenvalue weighted by Gasteiger charge is 2.22. The third-order valence-corrected chi connectivity index (χ3v) is 3.23. The first-order valence-electron chi connectivity index (χ1n) is 5.70. The Hall–Kier alpha value is -0.870. The number of Topliss-reactive ketones (excluding diaryl/α,β-unsaturated/α-hetero) is 1. The molecule has 16 heavy (non-hydrogen) atoms. The number of aromatic nitrogens is 2. The summed E-state index contributed by atoms with van der Waals surface area (Å²) in [6, 6.07) is 0.309. The zero-order valence-electron chi connectivity index (χ0n) is 9.37. The molecule has 1 aliphatic rings. The Morgan fingerprint density at radius 2 is 2.56 bits per heavy atom. The molecule has 1 unspecified atom stereocenters. The van der Waals surface area contributed by atoms with E-state index >= 15 is 0 Å². The molecule has 0 saturated carbocycles. The largest absolute Gasteiger partial charge is 0.314 e. The van der Waals surface area contributed by atoms with Gasteiger partial charge in [-0.1, -0.05) is 11.6 Å². The lowest BCUT2D eigenvalue weighted by Crippen LogP contribution is -2.25. The average Bonchev–Trinajstić information content (AvgIpc) is 2.87. The number of aryl methyl sites for hydroxylation is 1. The molecule has 5 heteroatoms. The quantitative estimate of drug-likeness (QED) is 0.819. The van der Waals surface area contributed by atoms with Crippen LogP contribution in [0.5, 0.6) is 0 Å². The van der Waals surface area contributed by atoms with E-state index in [1.165, 1.54) is 0 Å². The number of hydrogen-bond donors (Lipinski definition) is 1. The molecule has 0 spiro atoms. The molecule has 0 amide bonds. The average molecular weight is 242 g/mol. The number of carbonyl (C=O) groups is 1. The summed E-state index contributed by atoms with van der Waals surface area (Å²) in [7, 11) is 0. The maximum absolute atomic E-state index is 12.1. The topological polar surface area (TPSA) is 46.9 Å². The van der Waals surface area contributed by atoms with Crippen molar-refractivity contribution in [3.8, 4) is 0 Å². The summed E-state index contributed by atoms with van der Waals surface area (Å²) in [6.07, 6.45) is 4.29. The Labute approximate surface area is 100.0 Å². The monoisotopic (exact) mass is 241 g/mol. The second-order valence-electron chi connectivity index (χ2n) is 4.08. The van der Waals surface area contributed by atoms with E-state index in [0.717, 1.165) is 19.4 Å². The maximum Gasteiger partial charge on any atom is 0.183 e. The molecule has 4 nitrogen and oxygen atoms in total. The van der Waals surface area contributed by atoms with E-state index in [1.54, 1.807) is 10.9 Å². The van der Waals surface area contributed by atoms with Crippen molar-refractivity contribution >= 4 is 17.4 Å². The van der Waals surface area contributed by atoms with Gasteiger partial charge in [0.2, 0.25) is 0 Å². The minimum absolute atomic E-state index is 0.0868. The van der Waals surface area contributed by atoms with Gasteiger partial charge in [-0.25, -0.2) is 0 Å². The lowest BCUT2D eigenvalue weighted by molar-refractivity contribution is 0.0961. The van der Waals surface area contributed by atoms with Gasteiger partial charge in [0.15, 0.2) is 5.78 Å². The van der Waals surface area contributed by atoms with Crippen molar-refractivity contribution < 1.29 is 4.79 Å². The molecule has 1 atom stereocenters. The zero-order chi connectivity index (χ0) is 11.5. The second kappa shape index (κ2) is 4.97. The van der Waals surface area contributed by atoms with Crippen LogP contribution in [0.15, 0.2) is 6.20 Å². The highest BCUT2D eigenvalue weighted by Crippen LogP contribution is 2.19. The normalized spacial score (nSPS) is 20.2. The lowest BCUT2D eigenvalue weighted by atomic mass is 10.1. The van der Waals surface area contributed by atoms with Crippen molar-refractivity contribution in [1.29, 1.82) is 0 Å². The number of hydrogen-bond acceptors (Lipinski definition) is 3. The Kier molecular flexibility index (Phi) is 3.61. The minimum Gasteiger partial charge on any atom is -0.314 e. The molecule has 1 aromatic rings. The maximum atomic E-state index is 12.1. The van der Waals surface area contributed by atoms with E-state index in [0.29, 0.717) is 29.7 Å². The Morgan fingerprint density at radius 3 is 3.19 bits per heavy atom. The van der Waals surface area contributed by atoms with Crippen molar-refractivity contribution in [3.63, 3.8) is 0 Å². The van der Waals surface area contributed by atoms with Gasteiger partial charge in [-0.15, -0.1) is 0 Å². The first-order chi connectivity index (χ1) is 7.72. The summed E-state index contributed by atoms with van der Waals surface area (Å²) in [4.78, 5) is 12.1. The SMILES string of the molecule is CCn1ncc(Cl)c1C(=O)CC1CCCN1. The van der Waals surface area contributed by atoms with Crippen LogP contribution in [0.2, 0.25) is 5.02 Å². The first kappa shape index (κ1) is 11.6.